The highest BCUT2D eigenvalue weighted by Gasteiger charge is 2.43. The maximum absolute atomic E-state index is 13.7. The van der Waals surface area contributed by atoms with Crippen molar-refractivity contribution in [3.05, 3.63) is 63.9 Å². The van der Waals surface area contributed by atoms with Gasteiger partial charge in [0.15, 0.2) is 20.6 Å². The van der Waals surface area contributed by atoms with Crippen molar-refractivity contribution in [2.45, 2.75) is 103 Å². The lowest BCUT2D eigenvalue weighted by Gasteiger charge is -2.41. The molecule has 1 amide bonds. The molecular weight excluding hydrogens is 684 g/mol. The molecule has 1 aromatic carbocycles. The van der Waals surface area contributed by atoms with E-state index >= 15 is 0 Å². The average Bonchev–Trinajstić information content (AvgIpc) is 2.98. The topological polar surface area (TPSA) is 127 Å². The van der Waals surface area contributed by atoms with E-state index in [0.29, 0.717) is 12.3 Å². The number of nitrogens with zero attached hydrogens (tertiary/aromatic N) is 3. The molecule has 0 saturated heterocycles. The van der Waals surface area contributed by atoms with Crippen LogP contribution in [0.3, 0.4) is 0 Å². The molecule has 0 aliphatic heterocycles. The Balaban J connectivity index is 2.55. The van der Waals surface area contributed by atoms with Gasteiger partial charge in [0.25, 0.3) is 0 Å². The van der Waals surface area contributed by atoms with E-state index in [1.807, 2.05) is 31.2 Å². The molecule has 0 bridgehead atoms. The number of hydrogen-bond acceptors (Lipinski definition) is 9. The lowest BCUT2D eigenvalue weighted by molar-refractivity contribution is -0.510. The fourth-order valence-corrected chi connectivity index (χ4v) is 5.71. The van der Waals surface area contributed by atoms with Gasteiger partial charge in [-0.15, -0.1) is 6.58 Å². The molecule has 0 spiro atoms. The third-order valence-corrected chi connectivity index (χ3v) is 13.0. The van der Waals surface area contributed by atoms with Gasteiger partial charge in [-0.05, 0) is 56.6 Å². The molecule has 4 atom stereocenters. The number of carbonyl (C=O) groups excluding carboxylic acids is 1. The summed E-state index contributed by atoms with van der Waals surface area (Å²) in [6.07, 6.45) is 1.85. The number of carbonyl (C=O) groups is 1. The van der Waals surface area contributed by atoms with Crippen LogP contribution in [-0.4, -0.2) is 73.8 Å². The van der Waals surface area contributed by atoms with Gasteiger partial charge in [-0.3, -0.25) is 0 Å². The zero-order valence-corrected chi connectivity index (χ0v) is 32.3. The van der Waals surface area contributed by atoms with Crippen molar-refractivity contribution in [2.75, 3.05) is 20.8 Å². The molecule has 2 aromatic rings. The van der Waals surface area contributed by atoms with Crippen molar-refractivity contribution in [1.29, 1.82) is 0 Å². The molecule has 0 radical (unpaired) electrons. The third kappa shape index (κ3) is 12.8. The first-order valence-electron chi connectivity index (χ1n) is 15.7. The first kappa shape index (κ1) is 40.2. The SMILES string of the molecule is C=C[C@H](C)[C@@H](COCc1ccc(Br)cc1)/[N+]([O-])=C/C[C@@H](NC(=O)OC(C)(C)C)[C@@H](O[Si](C)(C)C(C)(C)C)c1cc(OC)nc(OC)n1. The van der Waals surface area contributed by atoms with Crippen molar-refractivity contribution in [2.24, 2.45) is 5.92 Å². The number of aromatic nitrogens is 2. The summed E-state index contributed by atoms with van der Waals surface area (Å²) in [6, 6.07) is 8.20. The van der Waals surface area contributed by atoms with Crippen LogP contribution in [0, 0.1) is 11.1 Å². The van der Waals surface area contributed by atoms with E-state index in [1.54, 1.807) is 32.9 Å². The van der Waals surface area contributed by atoms with E-state index in [0.717, 1.165) is 14.8 Å². The summed E-state index contributed by atoms with van der Waals surface area (Å²) < 4.78 is 31.2. The number of hydroxylamine groups is 1. The summed E-state index contributed by atoms with van der Waals surface area (Å²) >= 11 is 3.44. The minimum Gasteiger partial charge on any atom is -0.624 e. The molecule has 11 nitrogen and oxygen atoms in total. The number of amides is 1. The number of rotatable bonds is 16. The standard InChI is InChI=1S/C34H53BrN4O7Si/c1-13-23(2)28(22-44-21-24-14-16-25(35)17-15-24)39(41)19-18-26(37-32(40)45-33(3,4)5)30(46-47(11,12)34(6,7)8)27-20-29(42-9)38-31(36-27)43-10/h13-17,19-20,23,26,28,30H,1,18,21-22H2,2-12H3,(H,37,40)/b39-19-/t23-,26+,28+,30+/m0/s1. The summed E-state index contributed by atoms with van der Waals surface area (Å²) in [4.78, 5) is 22.1. The summed E-state index contributed by atoms with van der Waals surface area (Å²) in [6.45, 7) is 22.3. The normalized spacial score (nSPS) is 15.3. The van der Waals surface area contributed by atoms with E-state index in [-0.39, 0.29) is 35.9 Å². The second-order valence-corrected chi connectivity index (χ2v) is 19.6. The summed E-state index contributed by atoms with van der Waals surface area (Å²) in [5, 5.41) is 16.5. The van der Waals surface area contributed by atoms with Gasteiger partial charge in [-0.25, -0.2) is 9.53 Å². The Labute approximate surface area is 290 Å². The Morgan fingerprint density at radius 3 is 2.28 bits per heavy atom. The van der Waals surface area contributed by atoms with Crippen LogP contribution >= 0.6 is 15.9 Å². The first-order valence-corrected chi connectivity index (χ1v) is 19.4. The molecule has 1 heterocycles. The maximum Gasteiger partial charge on any atom is 0.407 e. The number of hydrogen-bond donors (Lipinski definition) is 1. The van der Waals surface area contributed by atoms with E-state index < -0.39 is 38.2 Å². The van der Waals surface area contributed by atoms with E-state index in [2.05, 4.69) is 71.7 Å². The van der Waals surface area contributed by atoms with Crippen molar-refractivity contribution >= 4 is 36.6 Å². The van der Waals surface area contributed by atoms with Crippen molar-refractivity contribution in [3.8, 4) is 11.9 Å². The third-order valence-electron chi connectivity index (χ3n) is 8.00. The van der Waals surface area contributed by atoms with Crippen LogP contribution in [-0.2, 0) is 20.5 Å². The molecule has 0 fully saturated rings. The predicted molar refractivity (Wildman–Crippen MR) is 191 cm³/mol. The summed E-state index contributed by atoms with van der Waals surface area (Å²) in [7, 11) is 0.457. The lowest BCUT2D eigenvalue weighted by Crippen LogP contribution is -2.49. The van der Waals surface area contributed by atoms with Crippen molar-refractivity contribution in [1.82, 2.24) is 15.3 Å². The Hall–Kier alpha value is -3.00. The fourth-order valence-electron chi connectivity index (χ4n) is 4.17. The number of benzene rings is 1. The van der Waals surface area contributed by atoms with E-state index in [9.17, 15) is 10.0 Å². The molecule has 47 heavy (non-hydrogen) atoms. The Morgan fingerprint density at radius 1 is 1.11 bits per heavy atom. The van der Waals surface area contributed by atoms with E-state index in [4.69, 9.17) is 23.4 Å². The van der Waals surface area contributed by atoms with Crippen LogP contribution in [0.5, 0.6) is 11.9 Å². The molecule has 0 unspecified atom stereocenters. The lowest BCUT2D eigenvalue weighted by atomic mass is 10.0. The zero-order chi connectivity index (χ0) is 35.6. The molecule has 0 saturated carbocycles. The van der Waals surface area contributed by atoms with Gasteiger partial charge in [-0.2, -0.15) is 9.97 Å². The highest BCUT2D eigenvalue weighted by Crippen LogP contribution is 2.41. The van der Waals surface area contributed by atoms with Gasteiger partial charge < -0.3 is 33.9 Å². The Morgan fingerprint density at radius 2 is 1.74 bits per heavy atom. The second-order valence-electron chi connectivity index (χ2n) is 14.0. The van der Waals surface area contributed by atoms with E-state index in [1.165, 1.54) is 20.4 Å². The quantitative estimate of drug-likeness (QED) is 0.0463. The number of nitrogens with one attached hydrogen (secondary N) is 1. The molecule has 13 heteroatoms. The van der Waals surface area contributed by atoms with Crippen molar-refractivity contribution in [3.63, 3.8) is 0 Å². The van der Waals surface area contributed by atoms with Crippen LogP contribution in [0.15, 0.2) is 47.5 Å². The maximum atomic E-state index is 13.7. The largest absolute Gasteiger partial charge is 0.624 e. The van der Waals surface area contributed by atoms with Crippen molar-refractivity contribution < 1.29 is 32.9 Å². The molecule has 262 valence electrons. The van der Waals surface area contributed by atoms with Gasteiger partial charge in [-0.1, -0.05) is 61.8 Å². The van der Waals surface area contributed by atoms with Gasteiger partial charge in [0.05, 0.1) is 32.6 Å². The van der Waals surface area contributed by atoms with Gasteiger partial charge in [0.2, 0.25) is 5.88 Å². The van der Waals surface area contributed by atoms with Crippen LogP contribution in [0.1, 0.15) is 72.2 Å². The second kappa shape index (κ2) is 17.4. The van der Waals surface area contributed by atoms with Crippen LogP contribution in [0.25, 0.3) is 0 Å². The molecule has 1 N–H and O–H groups in total. The van der Waals surface area contributed by atoms with Crippen LogP contribution < -0.4 is 14.8 Å². The number of methoxy groups -OCH3 is 2. The van der Waals surface area contributed by atoms with Gasteiger partial charge in [0.1, 0.15) is 18.3 Å². The number of halogens is 1. The highest BCUT2D eigenvalue weighted by molar-refractivity contribution is 9.10. The average molecular weight is 738 g/mol. The fraction of sp³-hybridized carbons (Fsp3) is 0.588. The minimum absolute atomic E-state index is 0.0800. The highest BCUT2D eigenvalue weighted by atomic mass is 79.9. The Kier molecular flexibility index (Phi) is 14.9. The molecule has 1 aromatic heterocycles. The molecule has 0 aliphatic rings. The molecule has 0 aliphatic carbocycles. The van der Waals surface area contributed by atoms with Crippen LogP contribution in [0.4, 0.5) is 4.79 Å². The first-order chi connectivity index (χ1) is 21.8. The smallest absolute Gasteiger partial charge is 0.407 e. The Bertz CT molecular complexity index is 1320. The monoisotopic (exact) mass is 736 g/mol. The van der Waals surface area contributed by atoms with Gasteiger partial charge in [0, 0.05) is 22.9 Å². The summed E-state index contributed by atoms with van der Waals surface area (Å²) in [5.74, 6) is 0.0736. The summed E-state index contributed by atoms with van der Waals surface area (Å²) in [5.41, 5.74) is 0.665. The zero-order valence-electron chi connectivity index (χ0n) is 29.8. The minimum atomic E-state index is -2.50. The number of ether oxygens (including phenoxy) is 4. The van der Waals surface area contributed by atoms with Crippen LogP contribution in [0.2, 0.25) is 18.1 Å². The van der Waals surface area contributed by atoms with Gasteiger partial charge >= 0.3 is 12.1 Å². The molecular formula is C34H53BrN4O7Si. The predicted octanol–water partition coefficient (Wildman–Crippen LogP) is 7.59. The number of alkyl carbamates (subject to hydrolysis) is 1. The molecule has 2 rings (SSSR count).